The van der Waals surface area contributed by atoms with Crippen LogP contribution in [0.4, 0.5) is 0 Å². The van der Waals surface area contributed by atoms with Crippen LogP contribution in [0.1, 0.15) is 19.3 Å². The number of thioether (sulfide) groups is 1. The van der Waals surface area contributed by atoms with E-state index in [0.29, 0.717) is 17.3 Å². The van der Waals surface area contributed by atoms with Gasteiger partial charge in [0.2, 0.25) is 0 Å². The summed E-state index contributed by atoms with van der Waals surface area (Å²) in [5, 5.41) is 13.6. The summed E-state index contributed by atoms with van der Waals surface area (Å²) in [5.41, 5.74) is 0.376. The Morgan fingerprint density at radius 3 is 3.04 bits per heavy atom. The molecule has 2 unspecified atom stereocenters. The van der Waals surface area contributed by atoms with Gasteiger partial charge in [-0.15, -0.1) is 11.8 Å². The minimum Gasteiger partial charge on any atom is -0.391 e. The van der Waals surface area contributed by atoms with E-state index >= 15 is 0 Å². The van der Waals surface area contributed by atoms with Gasteiger partial charge in [-0.3, -0.25) is 14.2 Å². The van der Waals surface area contributed by atoms with E-state index in [4.69, 9.17) is 0 Å². The summed E-state index contributed by atoms with van der Waals surface area (Å²) in [6.07, 6.45) is 4.67. The first-order valence-electron chi connectivity index (χ1n) is 8.15. The molecule has 1 saturated heterocycles. The highest BCUT2D eigenvalue weighted by atomic mass is 79.9. The molecule has 1 aromatic heterocycles. The van der Waals surface area contributed by atoms with Gasteiger partial charge in [-0.2, -0.15) is 0 Å². The number of aliphatic hydroxyl groups is 1. The zero-order valence-corrected chi connectivity index (χ0v) is 16.3. The van der Waals surface area contributed by atoms with Crippen molar-refractivity contribution in [1.82, 2.24) is 14.9 Å². The zero-order valence-electron chi connectivity index (χ0n) is 13.9. The molecule has 1 aliphatic rings. The van der Waals surface area contributed by atoms with Crippen molar-refractivity contribution in [3.63, 3.8) is 0 Å². The third-order valence-corrected chi connectivity index (χ3v) is 6.14. The average molecular weight is 426 g/mol. The molecular formula is C17H20BrN3O3S. The number of halogens is 1. The SMILES string of the molecule is CSc1cc2c(=O)n(CC(=O)CC3NCCCC3O)cnc2cc1Br. The summed E-state index contributed by atoms with van der Waals surface area (Å²) in [4.78, 5) is 30.3. The number of ketones is 1. The number of hydrogen-bond acceptors (Lipinski definition) is 6. The molecule has 3 rings (SSSR count). The lowest BCUT2D eigenvalue weighted by molar-refractivity contribution is -0.121. The number of carbonyl (C=O) groups excluding carboxylic acids is 1. The van der Waals surface area contributed by atoms with Crippen LogP contribution in [0.3, 0.4) is 0 Å². The Labute approximate surface area is 158 Å². The van der Waals surface area contributed by atoms with Crippen molar-refractivity contribution < 1.29 is 9.90 Å². The molecule has 0 radical (unpaired) electrons. The average Bonchev–Trinajstić information content (AvgIpc) is 2.59. The Morgan fingerprint density at radius 2 is 2.32 bits per heavy atom. The third kappa shape index (κ3) is 4.13. The van der Waals surface area contributed by atoms with Crippen LogP contribution in [0, 0.1) is 0 Å². The zero-order chi connectivity index (χ0) is 18.0. The molecule has 0 bridgehead atoms. The molecule has 2 aromatic rings. The monoisotopic (exact) mass is 425 g/mol. The number of carbonyl (C=O) groups is 1. The van der Waals surface area contributed by atoms with Crippen LogP contribution in [0.25, 0.3) is 10.9 Å². The van der Waals surface area contributed by atoms with E-state index < -0.39 is 6.10 Å². The molecule has 0 aliphatic carbocycles. The van der Waals surface area contributed by atoms with Gasteiger partial charge in [0.1, 0.15) is 0 Å². The number of aliphatic hydroxyl groups excluding tert-OH is 1. The van der Waals surface area contributed by atoms with Crippen LogP contribution in [-0.4, -0.2) is 45.4 Å². The molecule has 0 spiro atoms. The van der Waals surface area contributed by atoms with Gasteiger partial charge in [-0.1, -0.05) is 0 Å². The molecule has 2 heterocycles. The summed E-state index contributed by atoms with van der Waals surface area (Å²) in [5.74, 6) is -0.0936. The highest BCUT2D eigenvalue weighted by Gasteiger charge is 2.25. The normalized spacial score (nSPS) is 20.8. The second-order valence-corrected chi connectivity index (χ2v) is 7.90. The highest BCUT2D eigenvalue weighted by Crippen LogP contribution is 2.28. The van der Waals surface area contributed by atoms with Gasteiger partial charge in [-0.25, -0.2) is 4.98 Å². The fourth-order valence-corrected chi connectivity index (χ4v) is 4.38. The molecule has 1 aliphatic heterocycles. The lowest BCUT2D eigenvalue weighted by Crippen LogP contribution is -2.46. The van der Waals surface area contributed by atoms with Gasteiger partial charge in [-0.05, 0) is 53.7 Å². The lowest BCUT2D eigenvalue weighted by atomic mass is 9.97. The minimum absolute atomic E-state index is 0.0304. The van der Waals surface area contributed by atoms with E-state index in [1.54, 1.807) is 6.07 Å². The molecule has 134 valence electrons. The fraction of sp³-hybridized carbons (Fsp3) is 0.471. The standard InChI is InChI=1S/C17H20BrN3O3S/c1-25-16-6-11-13(7-12(16)18)20-9-21(17(11)24)8-10(22)5-14-15(23)3-2-4-19-14/h6-7,9,14-15,19,23H,2-5,8H2,1H3. The van der Waals surface area contributed by atoms with Crippen LogP contribution in [0.15, 0.2) is 32.6 Å². The maximum atomic E-state index is 12.7. The topological polar surface area (TPSA) is 84.2 Å². The smallest absolute Gasteiger partial charge is 0.261 e. The summed E-state index contributed by atoms with van der Waals surface area (Å²) < 4.78 is 2.24. The Kier molecular flexibility index (Phi) is 5.93. The summed E-state index contributed by atoms with van der Waals surface area (Å²) in [6.45, 7) is 0.774. The predicted molar refractivity (Wildman–Crippen MR) is 102 cm³/mol. The first-order valence-corrected chi connectivity index (χ1v) is 10.2. The van der Waals surface area contributed by atoms with Crippen molar-refractivity contribution in [3.05, 3.63) is 33.3 Å². The summed E-state index contributed by atoms with van der Waals surface area (Å²) >= 11 is 5.00. The van der Waals surface area contributed by atoms with E-state index in [1.165, 1.54) is 22.7 Å². The van der Waals surface area contributed by atoms with Gasteiger partial charge in [0.15, 0.2) is 5.78 Å². The quantitative estimate of drug-likeness (QED) is 0.712. The van der Waals surface area contributed by atoms with E-state index in [2.05, 4.69) is 26.2 Å². The van der Waals surface area contributed by atoms with Crippen LogP contribution in [0.2, 0.25) is 0 Å². The molecule has 8 heteroatoms. The molecule has 2 N–H and O–H groups in total. The number of rotatable bonds is 5. The number of nitrogens with one attached hydrogen (secondary N) is 1. The van der Waals surface area contributed by atoms with Crippen molar-refractivity contribution in [2.24, 2.45) is 0 Å². The van der Waals surface area contributed by atoms with E-state index in [0.717, 1.165) is 22.3 Å². The number of Topliss-reactive ketones (excluding diaryl/α,β-unsaturated/α-hetero) is 1. The Balaban J connectivity index is 1.81. The third-order valence-electron chi connectivity index (χ3n) is 4.44. The van der Waals surface area contributed by atoms with Crippen LogP contribution in [0.5, 0.6) is 0 Å². The first-order chi connectivity index (χ1) is 12.0. The van der Waals surface area contributed by atoms with E-state index in [9.17, 15) is 14.7 Å². The highest BCUT2D eigenvalue weighted by molar-refractivity contribution is 9.10. The number of hydrogen-bond donors (Lipinski definition) is 2. The van der Waals surface area contributed by atoms with Gasteiger partial charge < -0.3 is 10.4 Å². The van der Waals surface area contributed by atoms with Gasteiger partial charge in [0, 0.05) is 21.8 Å². The maximum Gasteiger partial charge on any atom is 0.261 e. The van der Waals surface area contributed by atoms with E-state index in [-0.39, 0.29) is 30.3 Å². The van der Waals surface area contributed by atoms with Crippen LogP contribution in [-0.2, 0) is 11.3 Å². The largest absolute Gasteiger partial charge is 0.391 e. The Hall–Kier alpha value is -1.22. The molecule has 1 aromatic carbocycles. The fourth-order valence-electron chi connectivity index (χ4n) is 3.07. The van der Waals surface area contributed by atoms with Crippen molar-refractivity contribution >= 4 is 44.4 Å². The number of fused-ring (bicyclic) bond motifs is 1. The molecule has 2 atom stereocenters. The number of nitrogens with zero attached hydrogens (tertiary/aromatic N) is 2. The molecule has 25 heavy (non-hydrogen) atoms. The number of piperidine rings is 1. The second kappa shape index (κ2) is 7.99. The predicted octanol–water partition coefficient (Wildman–Crippen LogP) is 1.95. The van der Waals surface area contributed by atoms with Crippen LogP contribution < -0.4 is 10.9 Å². The van der Waals surface area contributed by atoms with Gasteiger partial charge in [0.25, 0.3) is 5.56 Å². The van der Waals surface area contributed by atoms with Crippen molar-refractivity contribution in [2.75, 3.05) is 12.8 Å². The van der Waals surface area contributed by atoms with E-state index in [1.807, 2.05) is 12.3 Å². The number of benzene rings is 1. The molecule has 6 nitrogen and oxygen atoms in total. The molecule has 0 amide bonds. The maximum absolute atomic E-state index is 12.7. The van der Waals surface area contributed by atoms with Crippen molar-refractivity contribution in [2.45, 2.75) is 42.8 Å². The van der Waals surface area contributed by atoms with Gasteiger partial charge >= 0.3 is 0 Å². The molecule has 0 saturated carbocycles. The summed E-state index contributed by atoms with van der Waals surface area (Å²) in [7, 11) is 0. The van der Waals surface area contributed by atoms with Gasteiger partial charge in [0.05, 0.1) is 29.9 Å². The molecule has 1 fully saturated rings. The Morgan fingerprint density at radius 1 is 1.52 bits per heavy atom. The first kappa shape index (κ1) is 18.6. The van der Waals surface area contributed by atoms with Crippen molar-refractivity contribution in [1.29, 1.82) is 0 Å². The molecular weight excluding hydrogens is 406 g/mol. The minimum atomic E-state index is -0.509. The number of aromatic nitrogens is 2. The van der Waals surface area contributed by atoms with Crippen molar-refractivity contribution in [3.8, 4) is 0 Å². The van der Waals surface area contributed by atoms with Crippen LogP contribution >= 0.6 is 27.7 Å². The lowest BCUT2D eigenvalue weighted by Gasteiger charge is -2.28. The summed E-state index contributed by atoms with van der Waals surface area (Å²) in [6, 6.07) is 3.38. The second-order valence-electron chi connectivity index (χ2n) is 6.19. The Bertz CT molecular complexity index is 855.